The lowest BCUT2D eigenvalue weighted by Gasteiger charge is -2.13. The van der Waals surface area contributed by atoms with Gasteiger partial charge in [-0.25, -0.2) is 9.29 Å². The van der Waals surface area contributed by atoms with Crippen LogP contribution in [-0.4, -0.2) is 29.6 Å². The van der Waals surface area contributed by atoms with Crippen LogP contribution in [0, 0.1) is 0 Å². The molecular weight excluding hydrogens is 215 g/mol. The molecule has 2 atom stereocenters. The minimum atomic E-state index is -3.51. The highest BCUT2D eigenvalue weighted by atomic mass is 32.7. The first kappa shape index (κ1) is 15.8. The molecule has 0 spiro atoms. The van der Waals surface area contributed by atoms with E-state index in [1.165, 1.54) is 0 Å². The second-order valence-electron chi connectivity index (χ2n) is 2.23. The van der Waals surface area contributed by atoms with Crippen molar-refractivity contribution in [3.63, 3.8) is 0 Å². The van der Waals surface area contributed by atoms with Gasteiger partial charge in [0.2, 0.25) is 0 Å². The highest BCUT2D eigenvalue weighted by Crippen LogP contribution is 2.53. The van der Waals surface area contributed by atoms with E-state index in [1.807, 2.05) is 6.92 Å². The lowest BCUT2D eigenvalue weighted by atomic mass is 10.4. The van der Waals surface area contributed by atoms with Crippen molar-refractivity contribution in [2.75, 3.05) is 13.2 Å². The van der Waals surface area contributed by atoms with Crippen molar-refractivity contribution < 1.29 is 19.5 Å². The summed E-state index contributed by atoms with van der Waals surface area (Å²) < 4.78 is 18.3. The molecule has 0 aliphatic heterocycles. The van der Waals surface area contributed by atoms with E-state index in [2.05, 4.69) is 9.25 Å². The number of nitrogens with two attached hydrogens (primary N) is 1. The van der Waals surface area contributed by atoms with Crippen LogP contribution in [0.2, 0.25) is 0 Å². The fraction of sp³-hybridized carbons (Fsp3) is 1.00. The van der Waals surface area contributed by atoms with Crippen molar-refractivity contribution in [2.24, 2.45) is 5.73 Å². The Morgan fingerprint density at radius 2 is 2.31 bits per heavy atom. The van der Waals surface area contributed by atoms with E-state index in [0.29, 0.717) is 18.1 Å². The van der Waals surface area contributed by atoms with Crippen molar-refractivity contribution in [1.82, 2.24) is 4.72 Å². The molecule has 6 N–H and O–H groups in total. The molecule has 6 nitrogen and oxygen atoms in total. The van der Waals surface area contributed by atoms with Gasteiger partial charge in [0.1, 0.15) is 0 Å². The molecule has 0 amide bonds. The highest BCUT2D eigenvalue weighted by Gasteiger charge is 2.20. The van der Waals surface area contributed by atoms with Crippen LogP contribution in [0.15, 0.2) is 0 Å². The number of hydrogen-bond donors (Lipinski definition) is 3. The largest absolute Gasteiger partial charge is 0.412 e. The second-order valence-corrected chi connectivity index (χ2v) is 5.78. The van der Waals surface area contributed by atoms with Crippen molar-refractivity contribution in [3.05, 3.63) is 0 Å². The van der Waals surface area contributed by atoms with Gasteiger partial charge in [-0.1, -0.05) is 0 Å². The first-order chi connectivity index (χ1) is 5.52. The van der Waals surface area contributed by atoms with Crippen LogP contribution in [-0.2, 0) is 9.09 Å². The smallest absolute Gasteiger partial charge is 0.401 e. The lowest BCUT2D eigenvalue weighted by Crippen LogP contribution is -2.28. The average Bonchev–Trinajstić information content (AvgIpc) is 2.00. The van der Waals surface area contributed by atoms with E-state index in [1.54, 1.807) is 6.92 Å². The van der Waals surface area contributed by atoms with Gasteiger partial charge in [0, 0.05) is 24.2 Å². The summed E-state index contributed by atoms with van der Waals surface area (Å²) in [5, 5.41) is 0. The van der Waals surface area contributed by atoms with Gasteiger partial charge in [-0.2, -0.15) is 0 Å². The molecule has 0 fully saturated rings. The molecule has 0 rings (SSSR count). The van der Waals surface area contributed by atoms with E-state index in [-0.39, 0.29) is 18.1 Å². The third kappa shape index (κ3) is 8.70. The number of hydrogen-bond acceptors (Lipinski definition) is 5. The fourth-order valence-electron chi connectivity index (χ4n) is 0.394. The molecule has 0 aromatic heterocycles. The maximum absolute atomic E-state index is 11.0. The predicted molar refractivity (Wildman–Crippen MR) is 54.3 cm³/mol. The van der Waals surface area contributed by atoms with Crippen LogP contribution in [0.1, 0.15) is 13.8 Å². The Morgan fingerprint density at radius 1 is 1.77 bits per heavy atom. The molecule has 82 valence electrons. The molecule has 0 heterocycles. The maximum Gasteiger partial charge on any atom is 0.401 e. The van der Waals surface area contributed by atoms with E-state index in [9.17, 15) is 4.57 Å². The Hall–Kier alpha value is 0.380. The monoisotopic (exact) mass is 232 g/mol. The summed E-state index contributed by atoms with van der Waals surface area (Å²) in [6.45, 7) is 0.609. The Balaban J connectivity index is 0. The van der Waals surface area contributed by atoms with Crippen LogP contribution in [0.5, 0.6) is 0 Å². The van der Waals surface area contributed by atoms with Crippen molar-refractivity contribution in [1.29, 1.82) is 0 Å². The molecule has 0 radical (unpaired) electrons. The predicted octanol–water partition coefficient (Wildman–Crippen LogP) is -0.116. The van der Waals surface area contributed by atoms with E-state index in [4.69, 9.17) is 10.6 Å². The van der Waals surface area contributed by atoms with E-state index >= 15 is 0 Å². The summed E-state index contributed by atoms with van der Waals surface area (Å²) in [6, 6.07) is -0.00377. The summed E-state index contributed by atoms with van der Waals surface area (Å²) in [5.74, 6) is 0. The van der Waals surface area contributed by atoms with Crippen LogP contribution in [0.3, 0.4) is 0 Å². The normalized spacial score (nSPS) is 17.2. The fourth-order valence-corrected chi connectivity index (χ4v) is 2.60. The van der Waals surface area contributed by atoms with E-state index in [0.717, 1.165) is 0 Å². The molecular formula is C5H17N2O4PS. The summed E-state index contributed by atoms with van der Waals surface area (Å²) >= 11 is 0.695. The minimum absolute atomic E-state index is 0. The standard InChI is InChI=1S/C5H15N2O3PS.H2O/c1-3-10-11(8,9)12-7-5(2)4-6;/h5,7H,3-4,6H2,1-2H3,(H,8,9);1H2. The van der Waals surface area contributed by atoms with Gasteiger partial charge in [0.15, 0.2) is 0 Å². The minimum Gasteiger partial charge on any atom is -0.412 e. The average molecular weight is 232 g/mol. The Kier molecular flexibility index (Phi) is 9.44. The van der Waals surface area contributed by atoms with Crippen molar-refractivity contribution >= 4 is 18.4 Å². The highest BCUT2D eigenvalue weighted by molar-refractivity contribution is 8.53. The molecule has 13 heavy (non-hydrogen) atoms. The first-order valence-corrected chi connectivity index (χ1v) is 6.63. The summed E-state index contributed by atoms with van der Waals surface area (Å²) in [7, 11) is 0. The lowest BCUT2D eigenvalue weighted by molar-refractivity contribution is 0.291. The van der Waals surface area contributed by atoms with Gasteiger partial charge in [-0.05, 0) is 13.8 Å². The molecule has 8 heteroatoms. The van der Waals surface area contributed by atoms with Crippen molar-refractivity contribution in [2.45, 2.75) is 19.9 Å². The molecule has 0 bridgehead atoms. The topological polar surface area (TPSA) is 116 Å². The molecule has 0 aromatic carbocycles. The van der Waals surface area contributed by atoms with Crippen LogP contribution >= 0.6 is 18.4 Å². The zero-order valence-corrected chi connectivity index (χ0v) is 9.40. The summed E-state index contributed by atoms with van der Waals surface area (Å²) in [5.41, 5.74) is 5.29. The zero-order valence-electron chi connectivity index (χ0n) is 7.69. The summed E-state index contributed by atoms with van der Waals surface area (Å²) in [6.07, 6.45) is 0. The molecule has 0 aliphatic rings. The van der Waals surface area contributed by atoms with Gasteiger partial charge < -0.3 is 20.6 Å². The molecule has 0 aromatic rings. The Bertz CT molecular complexity index is 171. The quantitative estimate of drug-likeness (QED) is 0.434. The van der Waals surface area contributed by atoms with Gasteiger partial charge in [-0.15, -0.1) is 0 Å². The Morgan fingerprint density at radius 3 is 2.69 bits per heavy atom. The molecule has 2 unspecified atom stereocenters. The third-order valence-electron chi connectivity index (χ3n) is 1.02. The van der Waals surface area contributed by atoms with E-state index < -0.39 is 6.80 Å². The van der Waals surface area contributed by atoms with Crippen molar-refractivity contribution in [3.8, 4) is 0 Å². The van der Waals surface area contributed by atoms with Gasteiger partial charge in [0.25, 0.3) is 0 Å². The van der Waals surface area contributed by atoms with Gasteiger partial charge in [-0.3, -0.25) is 0 Å². The second kappa shape index (κ2) is 7.75. The molecule has 0 saturated heterocycles. The van der Waals surface area contributed by atoms with Crippen LogP contribution in [0.4, 0.5) is 0 Å². The number of rotatable bonds is 6. The van der Waals surface area contributed by atoms with Gasteiger partial charge >= 0.3 is 6.80 Å². The first-order valence-electron chi connectivity index (χ1n) is 3.63. The maximum atomic E-state index is 11.0. The van der Waals surface area contributed by atoms with Crippen LogP contribution in [0.25, 0.3) is 0 Å². The number of nitrogens with one attached hydrogen (secondary N) is 1. The third-order valence-corrected chi connectivity index (χ3v) is 3.66. The zero-order chi connectivity index (χ0) is 9.61. The molecule has 0 aliphatic carbocycles. The Labute approximate surface area is 81.9 Å². The van der Waals surface area contributed by atoms with Crippen LogP contribution < -0.4 is 10.5 Å². The SMILES string of the molecule is CCOP(=O)(O)SNC(C)CN.O. The molecule has 0 saturated carbocycles. The summed E-state index contributed by atoms with van der Waals surface area (Å²) in [4.78, 5) is 9.05. The van der Waals surface area contributed by atoms with Gasteiger partial charge in [0.05, 0.1) is 6.61 Å².